The number of rotatable bonds is 7. The minimum atomic E-state index is -0.148. The first kappa shape index (κ1) is 14.5. The van der Waals surface area contributed by atoms with Crippen LogP contribution in [0.4, 0.5) is 0 Å². The first-order valence-electron chi connectivity index (χ1n) is 6.09. The van der Waals surface area contributed by atoms with Crippen LogP contribution in [0.2, 0.25) is 0 Å². The van der Waals surface area contributed by atoms with E-state index in [1.54, 1.807) is 0 Å². The van der Waals surface area contributed by atoms with Crippen molar-refractivity contribution >= 4 is 5.91 Å². The van der Waals surface area contributed by atoms with Gasteiger partial charge in [-0.1, -0.05) is 32.0 Å². The Balaban J connectivity index is 2.26. The molecule has 1 aromatic carbocycles. The van der Waals surface area contributed by atoms with Gasteiger partial charge >= 0.3 is 0 Å². The van der Waals surface area contributed by atoms with Crippen molar-refractivity contribution < 1.29 is 14.6 Å². The van der Waals surface area contributed by atoms with Crippen LogP contribution in [0, 0.1) is 5.41 Å². The van der Waals surface area contributed by atoms with Gasteiger partial charge in [0.1, 0.15) is 5.75 Å². The molecular weight excluding hydrogens is 230 g/mol. The fraction of sp³-hybridized carbons (Fsp3) is 0.500. The molecule has 0 heterocycles. The van der Waals surface area contributed by atoms with Gasteiger partial charge in [-0.3, -0.25) is 4.79 Å². The largest absolute Gasteiger partial charge is 0.484 e. The summed E-state index contributed by atoms with van der Waals surface area (Å²) in [6.45, 7) is 4.68. The molecule has 0 aliphatic carbocycles. The molecule has 0 aliphatic heterocycles. The predicted octanol–water partition coefficient (Wildman–Crippen LogP) is 1.59. The van der Waals surface area contributed by atoms with Crippen LogP contribution in [0.25, 0.3) is 0 Å². The van der Waals surface area contributed by atoms with Gasteiger partial charge < -0.3 is 15.2 Å². The molecular formula is C14H21NO3. The summed E-state index contributed by atoms with van der Waals surface area (Å²) in [4.78, 5) is 11.6. The van der Waals surface area contributed by atoms with Crippen LogP contribution >= 0.6 is 0 Å². The van der Waals surface area contributed by atoms with E-state index in [4.69, 9.17) is 9.84 Å². The minimum Gasteiger partial charge on any atom is -0.484 e. The van der Waals surface area contributed by atoms with E-state index in [0.717, 1.165) is 0 Å². The lowest BCUT2D eigenvalue weighted by Gasteiger charge is -2.23. The summed E-state index contributed by atoms with van der Waals surface area (Å²) in [6, 6.07) is 9.23. The average Bonchev–Trinajstić information content (AvgIpc) is 2.35. The SMILES string of the molecule is CC(C)(CCO)CNC(=O)COc1ccccc1. The number of para-hydroxylation sites is 1. The number of aliphatic hydroxyl groups is 1. The summed E-state index contributed by atoms with van der Waals surface area (Å²) in [6.07, 6.45) is 0.660. The maximum Gasteiger partial charge on any atom is 0.257 e. The van der Waals surface area contributed by atoms with Crippen molar-refractivity contribution in [2.75, 3.05) is 19.8 Å². The summed E-state index contributed by atoms with van der Waals surface area (Å²) >= 11 is 0. The van der Waals surface area contributed by atoms with Crippen LogP contribution in [0.5, 0.6) is 5.75 Å². The van der Waals surface area contributed by atoms with E-state index in [2.05, 4.69) is 5.32 Å². The Morgan fingerprint density at radius 3 is 2.61 bits per heavy atom. The van der Waals surface area contributed by atoms with E-state index in [1.807, 2.05) is 44.2 Å². The van der Waals surface area contributed by atoms with Crippen molar-refractivity contribution in [2.24, 2.45) is 5.41 Å². The summed E-state index contributed by atoms with van der Waals surface area (Å²) in [5, 5.41) is 11.7. The monoisotopic (exact) mass is 251 g/mol. The number of aliphatic hydroxyl groups excluding tert-OH is 1. The first-order chi connectivity index (χ1) is 8.53. The van der Waals surface area contributed by atoms with Gasteiger partial charge in [0.25, 0.3) is 5.91 Å². The molecule has 0 unspecified atom stereocenters. The highest BCUT2D eigenvalue weighted by Crippen LogP contribution is 2.17. The normalized spacial score (nSPS) is 11.1. The standard InChI is InChI=1S/C14H21NO3/c1-14(2,8-9-16)11-15-13(17)10-18-12-6-4-3-5-7-12/h3-7,16H,8-11H2,1-2H3,(H,15,17). The molecule has 4 heteroatoms. The molecule has 0 aliphatic rings. The van der Waals surface area contributed by atoms with Crippen LogP contribution in [0.3, 0.4) is 0 Å². The van der Waals surface area contributed by atoms with Crippen molar-refractivity contribution in [3.8, 4) is 5.75 Å². The van der Waals surface area contributed by atoms with Gasteiger partial charge in [0.2, 0.25) is 0 Å². The zero-order valence-corrected chi connectivity index (χ0v) is 11.0. The molecule has 0 fully saturated rings. The highest BCUT2D eigenvalue weighted by molar-refractivity contribution is 5.77. The van der Waals surface area contributed by atoms with Crippen molar-refractivity contribution in [2.45, 2.75) is 20.3 Å². The van der Waals surface area contributed by atoms with Crippen LogP contribution in [-0.4, -0.2) is 30.8 Å². The molecule has 1 amide bonds. The molecule has 18 heavy (non-hydrogen) atoms. The number of carbonyl (C=O) groups excluding carboxylic acids is 1. The Hall–Kier alpha value is -1.55. The quantitative estimate of drug-likeness (QED) is 0.773. The van der Waals surface area contributed by atoms with Gasteiger partial charge in [0, 0.05) is 13.2 Å². The van der Waals surface area contributed by atoms with Gasteiger partial charge in [0.05, 0.1) is 0 Å². The second-order valence-electron chi connectivity index (χ2n) is 5.02. The summed E-state index contributed by atoms with van der Waals surface area (Å²) in [5.74, 6) is 0.534. The molecule has 0 spiro atoms. The van der Waals surface area contributed by atoms with E-state index in [0.29, 0.717) is 18.7 Å². The van der Waals surface area contributed by atoms with Crippen molar-refractivity contribution in [3.63, 3.8) is 0 Å². The lowest BCUT2D eigenvalue weighted by atomic mass is 9.90. The zero-order valence-electron chi connectivity index (χ0n) is 11.0. The molecule has 0 atom stereocenters. The minimum absolute atomic E-state index is 0.0131. The van der Waals surface area contributed by atoms with Crippen molar-refractivity contribution in [3.05, 3.63) is 30.3 Å². The van der Waals surface area contributed by atoms with Gasteiger partial charge in [-0.05, 0) is 24.0 Å². The van der Waals surface area contributed by atoms with Crippen molar-refractivity contribution in [1.82, 2.24) is 5.32 Å². The highest BCUT2D eigenvalue weighted by atomic mass is 16.5. The zero-order chi connectivity index (χ0) is 13.4. The van der Waals surface area contributed by atoms with Crippen LogP contribution in [-0.2, 0) is 4.79 Å². The number of carbonyl (C=O) groups is 1. The third-order valence-electron chi connectivity index (χ3n) is 2.67. The lowest BCUT2D eigenvalue weighted by molar-refractivity contribution is -0.123. The Morgan fingerprint density at radius 2 is 2.00 bits per heavy atom. The van der Waals surface area contributed by atoms with Crippen LogP contribution in [0.15, 0.2) is 30.3 Å². The molecule has 0 saturated heterocycles. The van der Waals surface area contributed by atoms with Gasteiger partial charge in [-0.15, -0.1) is 0 Å². The third-order valence-corrected chi connectivity index (χ3v) is 2.67. The van der Waals surface area contributed by atoms with Gasteiger partial charge in [-0.25, -0.2) is 0 Å². The molecule has 1 rings (SSSR count). The predicted molar refractivity (Wildman–Crippen MR) is 70.4 cm³/mol. The fourth-order valence-electron chi connectivity index (χ4n) is 1.45. The Morgan fingerprint density at radius 1 is 1.33 bits per heavy atom. The molecule has 2 N–H and O–H groups in total. The van der Waals surface area contributed by atoms with Crippen LogP contribution < -0.4 is 10.1 Å². The number of amides is 1. The third kappa shape index (κ3) is 5.68. The molecule has 0 aromatic heterocycles. The number of nitrogens with one attached hydrogen (secondary N) is 1. The van der Waals surface area contributed by atoms with E-state index < -0.39 is 0 Å². The number of ether oxygens (including phenoxy) is 1. The second kappa shape index (κ2) is 7.01. The highest BCUT2D eigenvalue weighted by Gasteiger charge is 2.18. The summed E-state index contributed by atoms with van der Waals surface area (Å²) in [5.41, 5.74) is -0.100. The molecule has 1 aromatic rings. The second-order valence-corrected chi connectivity index (χ2v) is 5.02. The molecule has 0 bridgehead atoms. The molecule has 4 nitrogen and oxygen atoms in total. The summed E-state index contributed by atoms with van der Waals surface area (Å²) in [7, 11) is 0. The molecule has 0 radical (unpaired) electrons. The maximum atomic E-state index is 11.6. The Bertz CT molecular complexity index is 363. The fourth-order valence-corrected chi connectivity index (χ4v) is 1.45. The van der Waals surface area contributed by atoms with Gasteiger partial charge in [-0.2, -0.15) is 0 Å². The van der Waals surface area contributed by atoms with E-state index >= 15 is 0 Å². The molecule has 100 valence electrons. The smallest absolute Gasteiger partial charge is 0.257 e. The summed E-state index contributed by atoms with van der Waals surface area (Å²) < 4.78 is 5.33. The van der Waals surface area contributed by atoms with Crippen molar-refractivity contribution in [1.29, 1.82) is 0 Å². The number of hydrogen-bond donors (Lipinski definition) is 2. The topological polar surface area (TPSA) is 58.6 Å². The Kier molecular flexibility index (Phi) is 5.65. The lowest BCUT2D eigenvalue weighted by Crippen LogP contribution is -2.37. The van der Waals surface area contributed by atoms with Gasteiger partial charge in [0.15, 0.2) is 6.61 Å². The average molecular weight is 251 g/mol. The van der Waals surface area contributed by atoms with E-state index in [9.17, 15) is 4.79 Å². The first-order valence-corrected chi connectivity index (χ1v) is 6.09. The Labute approximate surface area is 108 Å². The number of hydrogen-bond acceptors (Lipinski definition) is 3. The maximum absolute atomic E-state index is 11.6. The molecule has 0 saturated carbocycles. The van der Waals surface area contributed by atoms with E-state index in [1.165, 1.54) is 0 Å². The number of benzene rings is 1. The van der Waals surface area contributed by atoms with E-state index in [-0.39, 0.29) is 24.5 Å². The van der Waals surface area contributed by atoms with Crippen LogP contribution in [0.1, 0.15) is 20.3 Å².